The van der Waals surface area contributed by atoms with E-state index in [4.69, 9.17) is 10.5 Å². The van der Waals surface area contributed by atoms with Crippen LogP contribution in [0.5, 0.6) is 0 Å². The Kier molecular flexibility index (Phi) is 5.38. The standard InChI is InChI=1S/C16H20F3N3O3/c1-9(24-3)14(23)21-10-4-5-12(17)11(8-10)15(2)16(18,19)25-7-6-13(20)22-15/h4-5,8-9H,6-7H2,1-3H3,(H2,20,22)(H,21,23)/t9?,15-/m1/s1. The predicted octanol–water partition coefficient (Wildman–Crippen LogP) is 2.38. The molecule has 1 unspecified atom stereocenters. The number of hydrogen-bond acceptors (Lipinski definition) is 5. The van der Waals surface area contributed by atoms with Crippen LogP contribution in [0, 0.1) is 5.82 Å². The first-order valence-electron chi connectivity index (χ1n) is 7.60. The summed E-state index contributed by atoms with van der Waals surface area (Å²) >= 11 is 0. The Morgan fingerprint density at radius 2 is 2.16 bits per heavy atom. The molecule has 1 aromatic rings. The number of nitrogens with zero attached hydrogens (tertiary/aromatic N) is 1. The van der Waals surface area contributed by atoms with Gasteiger partial charge in [-0.05, 0) is 32.0 Å². The molecule has 25 heavy (non-hydrogen) atoms. The number of amidine groups is 1. The van der Waals surface area contributed by atoms with E-state index in [2.05, 4.69) is 15.0 Å². The van der Waals surface area contributed by atoms with E-state index in [1.807, 2.05) is 0 Å². The number of nitrogens with one attached hydrogen (secondary N) is 1. The molecule has 2 atom stereocenters. The smallest absolute Gasteiger partial charge is 0.384 e. The van der Waals surface area contributed by atoms with Crippen molar-refractivity contribution < 1.29 is 27.4 Å². The van der Waals surface area contributed by atoms with Gasteiger partial charge >= 0.3 is 6.11 Å². The minimum absolute atomic E-state index is 0.00851. The van der Waals surface area contributed by atoms with Gasteiger partial charge in [-0.3, -0.25) is 9.79 Å². The second kappa shape index (κ2) is 7.01. The van der Waals surface area contributed by atoms with E-state index >= 15 is 0 Å². The van der Waals surface area contributed by atoms with Crippen LogP contribution in [0.25, 0.3) is 0 Å². The molecule has 0 saturated carbocycles. The molecule has 0 spiro atoms. The summed E-state index contributed by atoms with van der Waals surface area (Å²) in [6, 6.07) is 3.32. The Morgan fingerprint density at radius 1 is 1.48 bits per heavy atom. The highest BCUT2D eigenvalue weighted by atomic mass is 19.3. The quantitative estimate of drug-likeness (QED) is 0.864. The molecule has 1 aliphatic rings. The van der Waals surface area contributed by atoms with E-state index < -0.39 is 35.0 Å². The minimum atomic E-state index is -3.78. The van der Waals surface area contributed by atoms with Crippen LogP contribution in [0.15, 0.2) is 23.2 Å². The lowest BCUT2D eigenvalue weighted by Gasteiger charge is -2.32. The van der Waals surface area contributed by atoms with Crippen LogP contribution >= 0.6 is 0 Å². The molecule has 1 amide bonds. The van der Waals surface area contributed by atoms with E-state index in [9.17, 15) is 18.0 Å². The number of hydrogen-bond donors (Lipinski definition) is 2. The molecule has 138 valence electrons. The first-order chi connectivity index (χ1) is 11.6. The number of methoxy groups -OCH3 is 1. The minimum Gasteiger partial charge on any atom is -0.387 e. The normalized spacial score (nSPS) is 24.2. The van der Waals surface area contributed by atoms with Crippen molar-refractivity contribution in [2.75, 3.05) is 19.0 Å². The largest absolute Gasteiger partial charge is 0.387 e. The van der Waals surface area contributed by atoms with Gasteiger partial charge in [0.25, 0.3) is 5.91 Å². The topological polar surface area (TPSA) is 85.9 Å². The molecule has 0 saturated heterocycles. The van der Waals surface area contributed by atoms with Gasteiger partial charge in [-0.25, -0.2) is 4.39 Å². The fraction of sp³-hybridized carbons (Fsp3) is 0.500. The molecule has 1 aromatic carbocycles. The first-order valence-corrected chi connectivity index (χ1v) is 7.60. The van der Waals surface area contributed by atoms with Crippen molar-refractivity contribution in [3.63, 3.8) is 0 Å². The van der Waals surface area contributed by atoms with Gasteiger partial charge in [0.15, 0.2) is 5.54 Å². The van der Waals surface area contributed by atoms with Gasteiger partial charge in [0, 0.05) is 24.8 Å². The van der Waals surface area contributed by atoms with Gasteiger partial charge in [0.2, 0.25) is 0 Å². The summed E-state index contributed by atoms with van der Waals surface area (Å²) in [5, 5.41) is 2.47. The fourth-order valence-corrected chi connectivity index (χ4v) is 2.38. The Labute approximate surface area is 143 Å². The van der Waals surface area contributed by atoms with Gasteiger partial charge in [0.05, 0.1) is 12.4 Å². The van der Waals surface area contributed by atoms with E-state index in [0.717, 1.165) is 19.1 Å². The number of carbonyl (C=O) groups excluding carboxylic acids is 1. The molecule has 0 fully saturated rings. The molecule has 1 aliphatic heterocycles. The Hall–Kier alpha value is -2.13. The van der Waals surface area contributed by atoms with E-state index in [-0.39, 0.29) is 24.6 Å². The number of amides is 1. The van der Waals surface area contributed by atoms with Gasteiger partial charge in [0.1, 0.15) is 11.9 Å². The maximum absolute atomic E-state index is 14.5. The summed E-state index contributed by atoms with van der Waals surface area (Å²) in [7, 11) is 1.35. The first kappa shape index (κ1) is 19.2. The number of benzene rings is 1. The number of anilines is 1. The summed E-state index contributed by atoms with van der Waals surface area (Å²) in [5.41, 5.74) is 2.94. The highest BCUT2D eigenvalue weighted by molar-refractivity contribution is 5.94. The Balaban J connectivity index is 2.48. The average molecular weight is 359 g/mol. The third kappa shape index (κ3) is 3.77. The van der Waals surface area contributed by atoms with Crippen LogP contribution in [0.4, 0.5) is 18.9 Å². The number of ether oxygens (including phenoxy) is 2. The summed E-state index contributed by atoms with van der Waals surface area (Å²) in [6.07, 6.45) is -4.54. The number of rotatable bonds is 4. The van der Waals surface area contributed by atoms with Gasteiger partial charge in [-0.1, -0.05) is 0 Å². The zero-order valence-electron chi connectivity index (χ0n) is 14.1. The zero-order valence-corrected chi connectivity index (χ0v) is 14.1. The van der Waals surface area contributed by atoms with Gasteiger partial charge in [-0.2, -0.15) is 8.78 Å². The predicted molar refractivity (Wildman–Crippen MR) is 86.0 cm³/mol. The summed E-state index contributed by atoms with van der Waals surface area (Å²) in [6.45, 7) is 2.22. The molecule has 2 rings (SSSR count). The van der Waals surface area contributed by atoms with E-state index in [0.29, 0.717) is 0 Å². The van der Waals surface area contributed by atoms with Crippen LogP contribution in [0.1, 0.15) is 25.8 Å². The van der Waals surface area contributed by atoms with Gasteiger partial charge in [-0.15, -0.1) is 0 Å². The van der Waals surface area contributed by atoms with Crippen LogP contribution in [-0.2, 0) is 19.8 Å². The lowest BCUT2D eigenvalue weighted by molar-refractivity contribution is -0.275. The SMILES string of the molecule is COC(C)C(=O)Nc1ccc(F)c([C@@]2(C)N=C(N)CCOC2(F)F)c1. The van der Waals surface area contributed by atoms with Crippen LogP contribution < -0.4 is 11.1 Å². The third-order valence-corrected chi connectivity index (χ3v) is 4.06. The van der Waals surface area contributed by atoms with Crippen LogP contribution in [-0.4, -0.2) is 37.7 Å². The van der Waals surface area contributed by atoms with Crippen molar-refractivity contribution in [2.45, 2.75) is 38.0 Å². The molecular weight excluding hydrogens is 339 g/mol. The van der Waals surface area contributed by atoms with Crippen molar-refractivity contribution in [1.29, 1.82) is 0 Å². The number of nitrogens with two attached hydrogens (primary N) is 1. The molecule has 0 radical (unpaired) electrons. The maximum Gasteiger partial charge on any atom is 0.384 e. The van der Waals surface area contributed by atoms with E-state index in [1.54, 1.807) is 0 Å². The molecular formula is C16H20F3N3O3. The highest BCUT2D eigenvalue weighted by Crippen LogP contribution is 2.44. The summed E-state index contributed by atoms with van der Waals surface area (Å²) in [5.74, 6) is -1.49. The molecule has 0 aromatic heterocycles. The molecule has 0 aliphatic carbocycles. The number of aliphatic imine (C=N–C) groups is 1. The molecule has 3 N–H and O–H groups in total. The van der Waals surface area contributed by atoms with Crippen molar-refractivity contribution >= 4 is 17.4 Å². The maximum atomic E-state index is 14.5. The van der Waals surface area contributed by atoms with Crippen molar-refractivity contribution in [3.05, 3.63) is 29.6 Å². The number of alkyl halides is 2. The summed E-state index contributed by atoms with van der Waals surface area (Å²) in [4.78, 5) is 15.7. The number of halogens is 3. The van der Waals surface area contributed by atoms with E-state index in [1.165, 1.54) is 20.1 Å². The zero-order chi connectivity index (χ0) is 18.8. The molecule has 9 heteroatoms. The Morgan fingerprint density at radius 3 is 2.80 bits per heavy atom. The highest BCUT2D eigenvalue weighted by Gasteiger charge is 2.55. The van der Waals surface area contributed by atoms with Crippen molar-refractivity contribution in [1.82, 2.24) is 0 Å². The van der Waals surface area contributed by atoms with Crippen LogP contribution in [0.3, 0.4) is 0 Å². The molecule has 0 bridgehead atoms. The molecule has 6 nitrogen and oxygen atoms in total. The van der Waals surface area contributed by atoms with Crippen LogP contribution in [0.2, 0.25) is 0 Å². The monoisotopic (exact) mass is 359 g/mol. The second-order valence-corrected chi connectivity index (χ2v) is 5.85. The van der Waals surface area contributed by atoms with Gasteiger partial charge < -0.3 is 20.5 Å². The second-order valence-electron chi connectivity index (χ2n) is 5.85. The van der Waals surface area contributed by atoms with Crippen molar-refractivity contribution in [3.8, 4) is 0 Å². The average Bonchev–Trinajstić information content (AvgIpc) is 2.64. The lowest BCUT2D eigenvalue weighted by Crippen LogP contribution is -2.44. The molecule has 1 heterocycles. The Bertz CT molecular complexity index is 696. The van der Waals surface area contributed by atoms with Crippen molar-refractivity contribution in [2.24, 2.45) is 10.7 Å². The third-order valence-electron chi connectivity index (χ3n) is 4.06. The summed E-state index contributed by atoms with van der Waals surface area (Å²) < 4.78 is 52.7. The lowest BCUT2D eigenvalue weighted by atomic mass is 9.90. The fourth-order valence-electron chi connectivity index (χ4n) is 2.38. The number of carbonyl (C=O) groups is 1.